The summed E-state index contributed by atoms with van der Waals surface area (Å²) in [6.07, 6.45) is -0.454. The minimum absolute atomic E-state index is 0.454. The number of rotatable bonds is 4. The van der Waals surface area contributed by atoms with Crippen LogP contribution >= 0.6 is 0 Å². The molecule has 0 aliphatic rings. The minimum Gasteiger partial charge on any atom is -0.481 e. The lowest BCUT2D eigenvalue weighted by molar-refractivity contribution is -0.151. The van der Waals surface area contributed by atoms with Crippen LogP contribution in [0.3, 0.4) is 0 Å². The van der Waals surface area contributed by atoms with Crippen molar-refractivity contribution < 1.29 is 24.6 Å². The summed E-state index contributed by atoms with van der Waals surface area (Å²) in [7, 11) is 0. The second-order valence-electron chi connectivity index (χ2n) is 2.17. The van der Waals surface area contributed by atoms with Crippen LogP contribution in [-0.4, -0.2) is 27.9 Å². The lowest BCUT2D eigenvalue weighted by Crippen LogP contribution is -2.20. The molecular weight excluding hydrogens is 152 g/mol. The van der Waals surface area contributed by atoms with Crippen molar-refractivity contribution in [1.29, 1.82) is 0 Å². The molecule has 0 amide bonds. The van der Waals surface area contributed by atoms with E-state index in [2.05, 4.69) is 0 Å². The predicted octanol–water partition coefficient (Wildman–Crippen LogP) is -0.249. The largest absolute Gasteiger partial charge is 0.481 e. The van der Waals surface area contributed by atoms with Crippen LogP contribution in [0.15, 0.2) is 0 Å². The molecule has 0 unspecified atom stereocenters. The van der Waals surface area contributed by atoms with Gasteiger partial charge in [-0.1, -0.05) is 6.92 Å². The van der Waals surface area contributed by atoms with Crippen LogP contribution in [0.4, 0.5) is 0 Å². The first kappa shape index (κ1) is 9.61. The summed E-state index contributed by atoms with van der Waals surface area (Å²) in [5.41, 5.74) is 0. The van der Waals surface area contributed by atoms with Gasteiger partial charge in [0.25, 0.3) is 0 Å². The summed E-state index contributed by atoms with van der Waals surface area (Å²) in [6, 6.07) is 0. The van der Waals surface area contributed by atoms with Gasteiger partial charge in [0.1, 0.15) is 0 Å². The van der Waals surface area contributed by atoms with E-state index in [4.69, 9.17) is 10.2 Å². The second kappa shape index (κ2) is 3.70. The van der Waals surface area contributed by atoms with E-state index >= 15 is 0 Å². The molecule has 1 atom stereocenters. The van der Waals surface area contributed by atoms with Crippen LogP contribution in [0.25, 0.3) is 0 Å². The molecule has 0 saturated carbocycles. The van der Waals surface area contributed by atoms with E-state index in [-0.39, 0.29) is 0 Å². The fraction of sp³-hybridized carbons (Fsp3) is 0.500. The van der Waals surface area contributed by atoms with Gasteiger partial charge >= 0.3 is 11.9 Å². The molecule has 0 aliphatic heterocycles. The average molecular weight is 160 g/mol. The van der Waals surface area contributed by atoms with E-state index in [0.717, 1.165) is 0 Å². The highest BCUT2D eigenvalue weighted by Gasteiger charge is 2.19. The number of hydrogen-bond donors (Lipinski definition) is 2. The van der Waals surface area contributed by atoms with Crippen molar-refractivity contribution >= 4 is 17.7 Å². The van der Waals surface area contributed by atoms with E-state index in [1.54, 1.807) is 0 Å². The Morgan fingerprint density at radius 1 is 1.27 bits per heavy atom. The Hall–Kier alpha value is -1.39. The van der Waals surface area contributed by atoms with Gasteiger partial charge < -0.3 is 10.2 Å². The SMILES string of the molecule is C[C@@H](CC(=O)C(=O)O)C(=O)O. The Bertz CT molecular complexity index is 195. The summed E-state index contributed by atoms with van der Waals surface area (Å²) >= 11 is 0. The molecule has 5 nitrogen and oxygen atoms in total. The highest BCUT2D eigenvalue weighted by atomic mass is 16.4. The Kier molecular flexibility index (Phi) is 3.23. The molecule has 0 aromatic carbocycles. The zero-order valence-electron chi connectivity index (χ0n) is 5.90. The predicted molar refractivity (Wildman–Crippen MR) is 34.1 cm³/mol. The van der Waals surface area contributed by atoms with E-state index < -0.39 is 30.1 Å². The molecule has 0 aliphatic carbocycles. The highest BCUT2D eigenvalue weighted by molar-refractivity contribution is 6.32. The van der Waals surface area contributed by atoms with Gasteiger partial charge in [-0.05, 0) is 0 Å². The third kappa shape index (κ3) is 3.34. The lowest BCUT2D eigenvalue weighted by atomic mass is 10.1. The Morgan fingerprint density at radius 3 is 2.00 bits per heavy atom. The van der Waals surface area contributed by atoms with Crippen molar-refractivity contribution in [3.05, 3.63) is 0 Å². The normalized spacial score (nSPS) is 12.1. The molecule has 0 bridgehead atoms. The third-order valence-corrected chi connectivity index (χ3v) is 1.15. The fourth-order valence-corrected chi connectivity index (χ4v) is 0.453. The van der Waals surface area contributed by atoms with Gasteiger partial charge in [0, 0.05) is 6.42 Å². The van der Waals surface area contributed by atoms with E-state index in [0.29, 0.717) is 0 Å². The van der Waals surface area contributed by atoms with Gasteiger partial charge in [0.2, 0.25) is 5.78 Å². The highest BCUT2D eigenvalue weighted by Crippen LogP contribution is 2.01. The lowest BCUT2D eigenvalue weighted by Gasteiger charge is -2.00. The van der Waals surface area contributed by atoms with Crippen molar-refractivity contribution in [3.8, 4) is 0 Å². The fourth-order valence-electron chi connectivity index (χ4n) is 0.453. The molecule has 0 saturated heterocycles. The van der Waals surface area contributed by atoms with Crippen LogP contribution in [0.1, 0.15) is 13.3 Å². The Labute approximate surface area is 62.6 Å². The Morgan fingerprint density at radius 2 is 1.73 bits per heavy atom. The van der Waals surface area contributed by atoms with Gasteiger partial charge in [-0.25, -0.2) is 4.79 Å². The third-order valence-electron chi connectivity index (χ3n) is 1.15. The topological polar surface area (TPSA) is 91.7 Å². The van der Waals surface area contributed by atoms with Crippen LogP contribution in [0.5, 0.6) is 0 Å². The first-order valence-electron chi connectivity index (χ1n) is 2.94. The summed E-state index contributed by atoms with van der Waals surface area (Å²) < 4.78 is 0. The molecule has 2 N–H and O–H groups in total. The Balaban J connectivity index is 3.95. The van der Waals surface area contributed by atoms with Gasteiger partial charge in [-0.15, -0.1) is 0 Å². The maximum absolute atomic E-state index is 10.4. The van der Waals surface area contributed by atoms with Gasteiger partial charge in [-0.2, -0.15) is 0 Å². The number of carboxylic acids is 2. The molecule has 0 heterocycles. The molecule has 0 fully saturated rings. The molecule has 0 aromatic heterocycles. The second-order valence-corrected chi connectivity index (χ2v) is 2.17. The maximum Gasteiger partial charge on any atom is 0.372 e. The molecule has 62 valence electrons. The molecule has 0 aromatic rings. The molecule has 0 spiro atoms. The van der Waals surface area contributed by atoms with Crippen molar-refractivity contribution in [3.63, 3.8) is 0 Å². The monoisotopic (exact) mass is 160 g/mol. The zero-order valence-corrected chi connectivity index (χ0v) is 5.90. The van der Waals surface area contributed by atoms with E-state index in [1.165, 1.54) is 6.92 Å². The molecular formula is C6H8O5. The van der Waals surface area contributed by atoms with E-state index in [9.17, 15) is 14.4 Å². The summed E-state index contributed by atoms with van der Waals surface area (Å²) in [5, 5.41) is 16.3. The van der Waals surface area contributed by atoms with Crippen molar-refractivity contribution in [2.75, 3.05) is 0 Å². The summed E-state index contributed by atoms with van der Waals surface area (Å²) in [4.78, 5) is 30.4. The number of ketones is 1. The number of carbonyl (C=O) groups excluding carboxylic acids is 1. The van der Waals surface area contributed by atoms with Crippen molar-refractivity contribution in [1.82, 2.24) is 0 Å². The maximum atomic E-state index is 10.4. The molecule has 0 radical (unpaired) electrons. The minimum atomic E-state index is -1.59. The summed E-state index contributed by atoms with van der Waals surface area (Å²) in [6.45, 7) is 1.28. The van der Waals surface area contributed by atoms with Crippen molar-refractivity contribution in [2.24, 2.45) is 5.92 Å². The zero-order chi connectivity index (χ0) is 9.02. The average Bonchev–Trinajstić information content (AvgIpc) is 1.87. The summed E-state index contributed by atoms with van der Waals surface area (Å²) in [5.74, 6) is -4.75. The number of aliphatic carboxylic acids is 2. The van der Waals surface area contributed by atoms with Gasteiger partial charge in [0.05, 0.1) is 5.92 Å². The first-order valence-corrected chi connectivity index (χ1v) is 2.94. The molecule has 11 heavy (non-hydrogen) atoms. The number of Topliss-reactive ketones (excluding diaryl/α,β-unsaturated/α-hetero) is 1. The smallest absolute Gasteiger partial charge is 0.372 e. The van der Waals surface area contributed by atoms with Gasteiger partial charge in [0.15, 0.2) is 0 Å². The molecule has 5 heteroatoms. The first-order chi connectivity index (χ1) is 4.95. The van der Waals surface area contributed by atoms with Crippen LogP contribution < -0.4 is 0 Å². The molecule has 0 rings (SSSR count). The van der Waals surface area contributed by atoms with Gasteiger partial charge in [-0.3, -0.25) is 9.59 Å². The van der Waals surface area contributed by atoms with Crippen LogP contribution in [0.2, 0.25) is 0 Å². The van der Waals surface area contributed by atoms with E-state index in [1.807, 2.05) is 0 Å². The number of hydrogen-bond acceptors (Lipinski definition) is 3. The standard InChI is InChI=1S/C6H8O5/c1-3(5(8)9)2-4(7)6(10)11/h3H,2H2,1H3,(H,8,9)(H,10,11)/t3-/m0/s1. The van der Waals surface area contributed by atoms with Crippen LogP contribution in [0, 0.1) is 5.92 Å². The van der Waals surface area contributed by atoms with Crippen LogP contribution in [-0.2, 0) is 14.4 Å². The number of carbonyl (C=O) groups is 3. The number of carboxylic acid groups (broad SMARTS) is 2. The quantitative estimate of drug-likeness (QED) is 0.553. The van der Waals surface area contributed by atoms with Crippen molar-refractivity contribution in [2.45, 2.75) is 13.3 Å².